The molecule has 0 bridgehead atoms. The van der Waals surface area contributed by atoms with Gasteiger partial charge in [-0.05, 0) is 17.7 Å². The number of morpholine rings is 1. The van der Waals surface area contributed by atoms with E-state index in [0.29, 0.717) is 19.7 Å². The molecule has 1 aliphatic heterocycles. The molecule has 0 saturated carbocycles. The molecule has 0 spiro atoms. The lowest BCUT2D eigenvalue weighted by Crippen LogP contribution is -2.40. The van der Waals surface area contributed by atoms with Gasteiger partial charge in [0.2, 0.25) is 0 Å². The molecule has 0 aliphatic carbocycles. The quantitative estimate of drug-likeness (QED) is 0.942. The molecule has 6 heteroatoms. The number of rotatable bonds is 4. The molecule has 4 nitrogen and oxygen atoms in total. The Labute approximate surface area is 126 Å². The topological polar surface area (TPSA) is 45.6 Å². The van der Waals surface area contributed by atoms with E-state index in [9.17, 15) is 9.50 Å². The third-order valence-corrected chi connectivity index (χ3v) is 4.43. The maximum absolute atomic E-state index is 12.9. The Kier molecular flexibility index (Phi) is 4.60. The van der Waals surface area contributed by atoms with Crippen LogP contribution in [0.1, 0.15) is 22.8 Å². The lowest BCUT2D eigenvalue weighted by molar-refractivity contribution is -0.0424. The average molecular weight is 308 g/mol. The number of aliphatic hydroxyl groups is 1. The summed E-state index contributed by atoms with van der Waals surface area (Å²) in [6.07, 6.45) is 1.12. The Morgan fingerprint density at radius 2 is 2.24 bits per heavy atom. The van der Waals surface area contributed by atoms with Gasteiger partial charge in [0.05, 0.1) is 12.7 Å². The van der Waals surface area contributed by atoms with Gasteiger partial charge in [-0.15, -0.1) is 11.3 Å². The summed E-state index contributed by atoms with van der Waals surface area (Å²) in [7, 11) is 0. The first kappa shape index (κ1) is 14.6. The second kappa shape index (κ2) is 6.62. The lowest BCUT2D eigenvalue weighted by atomic mass is 10.1. The molecule has 2 heterocycles. The van der Waals surface area contributed by atoms with Gasteiger partial charge in [-0.3, -0.25) is 4.90 Å². The number of hydrogen-bond acceptors (Lipinski definition) is 5. The molecule has 1 aromatic carbocycles. The average Bonchev–Trinajstić information content (AvgIpc) is 3.02. The number of aromatic nitrogens is 1. The van der Waals surface area contributed by atoms with Gasteiger partial charge in [0.1, 0.15) is 16.9 Å². The van der Waals surface area contributed by atoms with Gasteiger partial charge in [0.25, 0.3) is 0 Å². The van der Waals surface area contributed by atoms with E-state index in [2.05, 4.69) is 9.88 Å². The smallest absolute Gasteiger partial charge is 0.123 e. The minimum absolute atomic E-state index is 0.0285. The van der Waals surface area contributed by atoms with Crippen molar-refractivity contribution in [3.63, 3.8) is 0 Å². The van der Waals surface area contributed by atoms with Crippen LogP contribution < -0.4 is 0 Å². The molecule has 2 atom stereocenters. The Morgan fingerprint density at radius 3 is 2.95 bits per heavy atom. The van der Waals surface area contributed by atoms with E-state index in [1.165, 1.54) is 12.1 Å². The Balaban J connectivity index is 1.60. The van der Waals surface area contributed by atoms with E-state index in [0.717, 1.165) is 17.1 Å². The largest absolute Gasteiger partial charge is 0.387 e. The van der Waals surface area contributed by atoms with Crippen LogP contribution in [-0.4, -0.2) is 41.2 Å². The van der Waals surface area contributed by atoms with Crippen molar-refractivity contribution >= 4 is 11.3 Å². The van der Waals surface area contributed by atoms with Crippen LogP contribution in [0.3, 0.4) is 0 Å². The van der Waals surface area contributed by atoms with Crippen LogP contribution in [-0.2, 0) is 4.74 Å². The fourth-order valence-corrected chi connectivity index (χ4v) is 3.12. The van der Waals surface area contributed by atoms with Crippen LogP contribution in [0.4, 0.5) is 4.39 Å². The minimum Gasteiger partial charge on any atom is -0.387 e. The molecule has 21 heavy (non-hydrogen) atoms. The van der Waals surface area contributed by atoms with E-state index in [-0.39, 0.29) is 11.9 Å². The van der Waals surface area contributed by atoms with E-state index in [1.54, 1.807) is 29.7 Å². The predicted molar refractivity (Wildman–Crippen MR) is 78.6 cm³/mol. The summed E-state index contributed by atoms with van der Waals surface area (Å²) in [4.78, 5) is 6.44. The number of β-amino-alcohol motifs (C(OH)–C–C–N with tert-alkyl or cyclic N) is 1. The van der Waals surface area contributed by atoms with E-state index in [1.807, 2.05) is 5.38 Å². The normalized spacial score (nSPS) is 21.3. The van der Waals surface area contributed by atoms with Gasteiger partial charge >= 0.3 is 0 Å². The molecular weight excluding hydrogens is 291 g/mol. The number of benzene rings is 1. The predicted octanol–water partition coefficient (Wildman–Crippen LogP) is 2.39. The summed E-state index contributed by atoms with van der Waals surface area (Å²) in [5.74, 6) is -0.291. The number of aliphatic hydroxyl groups excluding tert-OH is 1. The van der Waals surface area contributed by atoms with Crippen LogP contribution in [0.15, 0.2) is 35.8 Å². The summed E-state index contributed by atoms with van der Waals surface area (Å²) in [5.41, 5.74) is 0.730. The van der Waals surface area contributed by atoms with Gasteiger partial charge in [0, 0.05) is 31.2 Å². The Morgan fingerprint density at radius 1 is 1.43 bits per heavy atom. The molecule has 3 rings (SSSR count). The standard InChI is InChI=1S/C15H17FN2O2S/c16-12-3-1-11(2-4-12)13(19)9-18-6-7-20-14(10-18)15-17-5-8-21-15/h1-5,8,13-14,19H,6-7,9-10H2/t13-,14+/m1/s1. The van der Waals surface area contributed by atoms with Crippen LogP contribution in [0, 0.1) is 5.82 Å². The SMILES string of the molecule is O[C@H](CN1CCO[C@H](c2nccs2)C1)c1ccc(F)cc1. The maximum Gasteiger partial charge on any atom is 0.123 e. The lowest BCUT2D eigenvalue weighted by Gasteiger charge is -2.33. The fraction of sp³-hybridized carbons (Fsp3) is 0.400. The van der Waals surface area contributed by atoms with Crippen molar-refractivity contribution in [2.24, 2.45) is 0 Å². The molecule has 2 aromatic rings. The second-order valence-electron chi connectivity index (χ2n) is 5.06. The summed E-state index contributed by atoms with van der Waals surface area (Å²) >= 11 is 1.58. The van der Waals surface area contributed by atoms with Gasteiger partial charge < -0.3 is 9.84 Å². The van der Waals surface area contributed by atoms with Crippen LogP contribution in [0.2, 0.25) is 0 Å². The van der Waals surface area contributed by atoms with E-state index in [4.69, 9.17) is 4.74 Å². The summed E-state index contributed by atoms with van der Waals surface area (Å²) in [5, 5.41) is 13.2. The van der Waals surface area contributed by atoms with Gasteiger partial charge in [-0.1, -0.05) is 12.1 Å². The van der Waals surface area contributed by atoms with Crippen molar-refractivity contribution in [2.45, 2.75) is 12.2 Å². The first-order valence-corrected chi connectivity index (χ1v) is 7.77. The maximum atomic E-state index is 12.9. The summed E-state index contributed by atoms with van der Waals surface area (Å²) in [6, 6.07) is 5.99. The Bertz CT molecular complexity index is 562. The second-order valence-corrected chi connectivity index (χ2v) is 5.98. The third-order valence-electron chi connectivity index (χ3n) is 3.56. The highest BCUT2D eigenvalue weighted by Gasteiger charge is 2.25. The number of hydrogen-bond donors (Lipinski definition) is 1. The number of halogens is 1. The Hall–Kier alpha value is -1.34. The first-order chi connectivity index (χ1) is 10.2. The van der Waals surface area contributed by atoms with Crippen LogP contribution in [0.5, 0.6) is 0 Å². The minimum atomic E-state index is -0.624. The zero-order chi connectivity index (χ0) is 14.7. The molecule has 0 amide bonds. The van der Waals surface area contributed by atoms with Crippen LogP contribution in [0.25, 0.3) is 0 Å². The van der Waals surface area contributed by atoms with Gasteiger partial charge in [0.15, 0.2) is 0 Å². The molecular formula is C15H17FN2O2S. The highest BCUT2D eigenvalue weighted by molar-refractivity contribution is 7.09. The van der Waals surface area contributed by atoms with Gasteiger partial charge in [-0.25, -0.2) is 9.37 Å². The molecule has 1 saturated heterocycles. The molecule has 1 aromatic heterocycles. The van der Waals surface area contributed by atoms with E-state index < -0.39 is 6.10 Å². The molecule has 1 fully saturated rings. The fourth-order valence-electron chi connectivity index (χ4n) is 2.45. The third kappa shape index (κ3) is 3.65. The van der Waals surface area contributed by atoms with Crippen molar-refractivity contribution in [2.75, 3.05) is 26.2 Å². The molecule has 1 aliphatic rings. The zero-order valence-corrected chi connectivity index (χ0v) is 12.3. The highest BCUT2D eigenvalue weighted by Crippen LogP contribution is 2.25. The summed E-state index contributed by atoms with van der Waals surface area (Å²) in [6.45, 7) is 2.63. The van der Waals surface area contributed by atoms with Crippen molar-refractivity contribution in [3.8, 4) is 0 Å². The first-order valence-electron chi connectivity index (χ1n) is 6.89. The monoisotopic (exact) mass is 308 g/mol. The number of thiazole rings is 1. The van der Waals surface area contributed by atoms with E-state index >= 15 is 0 Å². The van der Waals surface area contributed by atoms with Gasteiger partial charge in [-0.2, -0.15) is 0 Å². The number of ether oxygens (including phenoxy) is 1. The van der Waals surface area contributed by atoms with Crippen molar-refractivity contribution in [1.29, 1.82) is 0 Å². The zero-order valence-electron chi connectivity index (χ0n) is 11.5. The molecule has 0 unspecified atom stereocenters. The molecule has 112 valence electrons. The molecule has 1 N–H and O–H groups in total. The van der Waals surface area contributed by atoms with Crippen LogP contribution >= 0.6 is 11.3 Å². The van der Waals surface area contributed by atoms with Crippen molar-refractivity contribution < 1.29 is 14.2 Å². The summed E-state index contributed by atoms with van der Waals surface area (Å²) < 4.78 is 18.6. The molecule has 0 radical (unpaired) electrons. The van der Waals surface area contributed by atoms with Crippen molar-refractivity contribution in [1.82, 2.24) is 9.88 Å². The highest BCUT2D eigenvalue weighted by atomic mass is 32.1. The number of nitrogens with zero attached hydrogens (tertiary/aromatic N) is 2. The van der Waals surface area contributed by atoms with Crippen molar-refractivity contribution in [3.05, 3.63) is 52.2 Å².